The van der Waals surface area contributed by atoms with Gasteiger partial charge in [0.1, 0.15) is 12.4 Å². The summed E-state index contributed by atoms with van der Waals surface area (Å²) in [6.07, 6.45) is 8.85. The maximum absolute atomic E-state index is 12.1. The number of hydrogen-bond acceptors (Lipinski definition) is 10. The van der Waals surface area contributed by atoms with Crippen molar-refractivity contribution in [2.45, 2.75) is 69.6 Å². The molecule has 1 aromatic heterocycles. The third-order valence-corrected chi connectivity index (χ3v) is 9.45. The summed E-state index contributed by atoms with van der Waals surface area (Å²) in [5.74, 6) is 0.466. The highest BCUT2D eigenvalue weighted by Gasteiger charge is 2.27. The number of carbonyl (C=O) groups excluding carboxylic acids is 3. The molecule has 3 N–H and O–H groups in total. The van der Waals surface area contributed by atoms with Gasteiger partial charge in [-0.25, -0.2) is 9.97 Å². The number of amides is 2. The average Bonchev–Trinajstić information content (AvgIpc) is 3.09. The Balaban J connectivity index is 0.958. The third kappa shape index (κ3) is 7.76. The summed E-state index contributed by atoms with van der Waals surface area (Å²) in [7, 11) is 0. The number of nitrogens with zero attached hydrogens (tertiary/aromatic N) is 5. The molecule has 0 saturated carbocycles. The van der Waals surface area contributed by atoms with E-state index < -0.39 is 6.04 Å². The number of nitriles is 1. The molecule has 0 aliphatic carbocycles. The summed E-state index contributed by atoms with van der Waals surface area (Å²) in [4.78, 5) is 48.7. The van der Waals surface area contributed by atoms with Crippen LogP contribution in [0.3, 0.4) is 0 Å². The zero-order valence-electron chi connectivity index (χ0n) is 26.0. The molecule has 3 saturated heterocycles. The molecular formula is C35H40N8O3. The molecule has 0 radical (unpaired) electrons. The Morgan fingerprint density at radius 1 is 0.957 bits per heavy atom. The molecule has 0 bridgehead atoms. The van der Waals surface area contributed by atoms with Crippen molar-refractivity contribution in [1.29, 1.82) is 5.26 Å². The van der Waals surface area contributed by atoms with Crippen LogP contribution in [0.2, 0.25) is 0 Å². The van der Waals surface area contributed by atoms with Gasteiger partial charge in [0.15, 0.2) is 0 Å². The van der Waals surface area contributed by atoms with Crippen LogP contribution in [-0.2, 0) is 22.7 Å². The summed E-state index contributed by atoms with van der Waals surface area (Å²) in [5.41, 5.74) is 5.77. The number of imide groups is 1. The molecule has 4 heterocycles. The molecule has 11 nitrogen and oxygen atoms in total. The SMILES string of the molecule is N#Cc1cnc(NC2CCN(c3ccc(CN4CCC(c5ccc(C=O)c(CNC6CCC(=O)NC6=O)c5)CC4)cc3)CC2)nc1. The first-order valence-corrected chi connectivity index (χ1v) is 16.2. The van der Waals surface area contributed by atoms with E-state index >= 15 is 0 Å². The second-order valence-corrected chi connectivity index (χ2v) is 12.5. The van der Waals surface area contributed by atoms with Gasteiger partial charge in [-0.05, 0) is 79.9 Å². The lowest BCUT2D eigenvalue weighted by molar-refractivity contribution is -0.134. The molecule has 3 aliphatic heterocycles. The lowest BCUT2D eigenvalue weighted by atomic mass is 9.87. The van der Waals surface area contributed by atoms with Gasteiger partial charge in [0.25, 0.3) is 0 Å². The number of anilines is 2. The molecule has 6 rings (SSSR count). The van der Waals surface area contributed by atoms with Crippen molar-refractivity contribution < 1.29 is 14.4 Å². The first-order valence-electron chi connectivity index (χ1n) is 16.2. The van der Waals surface area contributed by atoms with Crippen LogP contribution in [0.15, 0.2) is 54.9 Å². The lowest BCUT2D eigenvalue weighted by Crippen LogP contribution is -2.50. The number of aromatic nitrogens is 2. The number of nitrogens with one attached hydrogen (secondary N) is 3. The minimum atomic E-state index is -0.427. The van der Waals surface area contributed by atoms with Gasteiger partial charge >= 0.3 is 0 Å². The number of carbonyl (C=O) groups is 3. The zero-order valence-corrected chi connectivity index (χ0v) is 26.0. The predicted molar refractivity (Wildman–Crippen MR) is 174 cm³/mol. The number of benzene rings is 2. The second kappa shape index (κ2) is 14.6. The maximum Gasteiger partial charge on any atom is 0.243 e. The Morgan fingerprint density at radius 2 is 1.70 bits per heavy atom. The Labute approximate surface area is 269 Å². The van der Waals surface area contributed by atoms with Crippen molar-refractivity contribution in [3.8, 4) is 6.07 Å². The van der Waals surface area contributed by atoms with Crippen molar-refractivity contribution in [3.05, 3.63) is 82.7 Å². The second-order valence-electron chi connectivity index (χ2n) is 12.5. The largest absolute Gasteiger partial charge is 0.371 e. The van der Waals surface area contributed by atoms with E-state index in [2.05, 4.69) is 72.1 Å². The minimum absolute atomic E-state index is 0.235. The van der Waals surface area contributed by atoms with Gasteiger partial charge in [-0.2, -0.15) is 5.26 Å². The van der Waals surface area contributed by atoms with Gasteiger partial charge in [-0.3, -0.25) is 24.6 Å². The van der Waals surface area contributed by atoms with Crippen LogP contribution in [0.25, 0.3) is 0 Å². The Hall–Kier alpha value is -4.66. The topological polar surface area (TPSA) is 143 Å². The predicted octanol–water partition coefficient (Wildman–Crippen LogP) is 3.52. The van der Waals surface area contributed by atoms with Gasteiger partial charge in [0.2, 0.25) is 17.8 Å². The molecule has 1 atom stereocenters. The lowest BCUT2D eigenvalue weighted by Gasteiger charge is -2.34. The van der Waals surface area contributed by atoms with Crippen molar-refractivity contribution in [2.75, 3.05) is 36.4 Å². The quantitative estimate of drug-likeness (QED) is 0.228. The smallest absolute Gasteiger partial charge is 0.243 e. The van der Waals surface area contributed by atoms with Crippen molar-refractivity contribution in [2.24, 2.45) is 0 Å². The van der Waals surface area contributed by atoms with E-state index in [0.717, 1.165) is 70.3 Å². The first-order chi connectivity index (χ1) is 22.5. The molecular weight excluding hydrogens is 580 g/mol. The van der Waals surface area contributed by atoms with Gasteiger partial charge in [0, 0.05) is 49.9 Å². The number of piperidine rings is 3. The number of rotatable bonds is 10. The molecule has 46 heavy (non-hydrogen) atoms. The fourth-order valence-corrected chi connectivity index (χ4v) is 6.69. The highest BCUT2D eigenvalue weighted by molar-refractivity contribution is 6.00. The van der Waals surface area contributed by atoms with E-state index in [1.165, 1.54) is 16.8 Å². The molecule has 3 aromatic rings. The molecule has 11 heteroatoms. The van der Waals surface area contributed by atoms with Gasteiger partial charge in [0.05, 0.1) is 24.0 Å². The van der Waals surface area contributed by atoms with E-state index in [1.54, 1.807) is 12.4 Å². The molecule has 1 unspecified atom stereocenters. The Bertz CT molecular complexity index is 1570. The van der Waals surface area contributed by atoms with E-state index in [0.29, 0.717) is 48.4 Å². The summed E-state index contributed by atoms with van der Waals surface area (Å²) in [5, 5.41) is 17.9. The Morgan fingerprint density at radius 3 is 2.37 bits per heavy atom. The van der Waals surface area contributed by atoms with Crippen LogP contribution in [0.4, 0.5) is 11.6 Å². The summed E-state index contributed by atoms with van der Waals surface area (Å²) in [6.45, 7) is 5.28. The van der Waals surface area contributed by atoms with Crippen LogP contribution in [0, 0.1) is 11.3 Å². The number of aldehydes is 1. The maximum atomic E-state index is 12.1. The highest BCUT2D eigenvalue weighted by Crippen LogP contribution is 2.30. The minimum Gasteiger partial charge on any atom is -0.371 e. The molecule has 238 valence electrons. The fourth-order valence-electron chi connectivity index (χ4n) is 6.69. The van der Waals surface area contributed by atoms with Crippen LogP contribution in [-0.4, -0.2) is 71.2 Å². The average molecular weight is 621 g/mol. The van der Waals surface area contributed by atoms with E-state index in [4.69, 9.17) is 5.26 Å². The summed E-state index contributed by atoms with van der Waals surface area (Å²) < 4.78 is 0. The van der Waals surface area contributed by atoms with Gasteiger partial charge in [-0.15, -0.1) is 0 Å². The highest BCUT2D eigenvalue weighted by atomic mass is 16.2. The van der Waals surface area contributed by atoms with Crippen molar-refractivity contribution >= 4 is 29.7 Å². The normalized spacial score (nSPS) is 19.8. The number of likely N-dealkylation sites (tertiary alicyclic amines) is 1. The van der Waals surface area contributed by atoms with E-state index in [9.17, 15) is 14.4 Å². The molecule has 3 aliphatic rings. The monoisotopic (exact) mass is 620 g/mol. The van der Waals surface area contributed by atoms with Crippen molar-refractivity contribution in [3.63, 3.8) is 0 Å². The van der Waals surface area contributed by atoms with Gasteiger partial charge in [-0.1, -0.05) is 30.3 Å². The van der Waals surface area contributed by atoms with Crippen molar-refractivity contribution in [1.82, 2.24) is 25.5 Å². The van der Waals surface area contributed by atoms with Crippen LogP contribution in [0.1, 0.15) is 77.1 Å². The molecule has 2 amide bonds. The third-order valence-electron chi connectivity index (χ3n) is 9.45. The van der Waals surface area contributed by atoms with Gasteiger partial charge < -0.3 is 15.5 Å². The van der Waals surface area contributed by atoms with Crippen LogP contribution >= 0.6 is 0 Å². The number of hydrogen-bond donors (Lipinski definition) is 3. The first kappa shape index (κ1) is 31.3. The fraction of sp³-hybridized carbons (Fsp3) is 0.429. The molecule has 3 fully saturated rings. The molecule has 0 spiro atoms. The summed E-state index contributed by atoms with van der Waals surface area (Å²) >= 11 is 0. The summed E-state index contributed by atoms with van der Waals surface area (Å²) in [6, 6.07) is 17.0. The van der Waals surface area contributed by atoms with Crippen LogP contribution < -0.4 is 20.9 Å². The standard InChI is InChI=1S/C35H40N8O3/c36-18-25-19-38-35(39-20-25)40-30-11-15-43(16-12-30)31-5-1-24(2-6-31)22-42-13-9-26(10-14-42)27-3-4-28(23-44)29(17-27)21-37-32-7-8-33(45)41-34(32)46/h1-6,17,19-20,23,26,30,32,37H,7-16,21-22H2,(H,38,39,40)(H,41,45,46). The molecule has 2 aromatic carbocycles. The van der Waals surface area contributed by atoms with Crippen LogP contribution in [0.5, 0.6) is 0 Å². The Kier molecular flexibility index (Phi) is 9.96. The zero-order chi connectivity index (χ0) is 31.9. The van der Waals surface area contributed by atoms with E-state index in [-0.39, 0.29) is 11.8 Å². The van der Waals surface area contributed by atoms with E-state index in [1.807, 2.05) is 12.1 Å².